The Balaban J connectivity index is 3.70. The van der Waals surface area contributed by atoms with E-state index in [9.17, 15) is 4.79 Å². The van der Waals surface area contributed by atoms with E-state index in [0.717, 1.165) is 31.9 Å². The van der Waals surface area contributed by atoms with Gasteiger partial charge in [0.1, 0.15) is 0 Å². The summed E-state index contributed by atoms with van der Waals surface area (Å²) in [6.07, 6.45) is 1.05. The molecule has 0 N–H and O–H groups in total. The minimum Gasteiger partial charge on any atom is -0.379 e. The van der Waals surface area contributed by atoms with Crippen LogP contribution < -0.4 is 0 Å². The molecule has 0 aromatic heterocycles. The zero-order valence-corrected chi connectivity index (χ0v) is 26.5. The Morgan fingerprint density at radius 3 is 1.65 bits per heavy atom. The molecule has 0 aromatic rings. The highest BCUT2D eigenvalue weighted by molar-refractivity contribution is 8.13. The van der Waals surface area contributed by atoms with Gasteiger partial charge in [0.2, 0.25) is 0 Å². The summed E-state index contributed by atoms with van der Waals surface area (Å²) in [5.41, 5.74) is 0.211. The van der Waals surface area contributed by atoms with Crippen molar-refractivity contribution in [3.05, 3.63) is 0 Å². The third-order valence-electron chi connectivity index (χ3n) is 5.29. The average Bonchev–Trinajstić information content (AvgIpc) is 2.75. The fourth-order valence-corrected chi connectivity index (χ4v) is 4.08. The van der Waals surface area contributed by atoms with Crippen LogP contribution in [0.15, 0.2) is 0 Å². The zero-order chi connectivity index (χ0) is 28.4. The lowest BCUT2D eigenvalue weighted by molar-refractivity contribution is -0.0128. The molecule has 0 fully saturated rings. The van der Waals surface area contributed by atoms with E-state index < -0.39 is 0 Å². The van der Waals surface area contributed by atoms with Crippen LogP contribution in [0.5, 0.6) is 0 Å². The molecule has 37 heavy (non-hydrogen) atoms. The van der Waals surface area contributed by atoms with E-state index in [4.69, 9.17) is 23.7 Å². The Morgan fingerprint density at radius 2 is 1.16 bits per heavy atom. The predicted molar refractivity (Wildman–Crippen MR) is 155 cm³/mol. The smallest absolute Gasteiger partial charge is 0.281 e. The lowest BCUT2D eigenvalue weighted by Crippen LogP contribution is -2.37. The first-order chi connectivity index (χ1) is 17.1. The first kappa shape index (κ1) is 36.6. The zero-order valence-electron chi connectivity index (χ0n) is 25.7. The summed E-state index contributed by atoms with van der Waals surface area (Å²) in [7, 11) is 3.92. The Hall–Kier alpha value is -0.420. The average molecular weight is 551 g/mol. The van der Waals surface area contributed by atoms with Crippen molar-refractivity contribution >= 4 is 17.0 Å². The number of carbonyl (C=O) groups excluding carboxylic acids is 1. The van der Waals surface area contributed by atoms with E-state index in [1.165, 1.54) is 11.8 Å². The maximum atomic E-state index is 12.5. The van der Waals surface area contributed by atoms with Gasteiger partial charge in [-0.2, -0.15) is 0 Å². The number of thioether (sulfide) groups is 1. The molecular formula is C28H58N2O6S. The second kappa shape index (κ2) is 19.6. The Morgan fingerprint density at radius 1 is 0.676 bits per heavy atom. The molecule has 0 saturated heterocycles. The Labute approximate surface area is 232 Å². The van der Waals surface area contributed by atoms with Crippen LogP contribution in [0.1, 0.15) is 61.8 Å². The molecule has 0 aromatic carbocycles. The normalized spacial score (nSPS) is 12.9. The minimum atomic E-state index is -0.115. The second-order valence-electron chi connectivity index (χ2n) is 12.6. The van der Waals surface area contributed by atoms with E-state index in [0.29, 0.717) is 64.8 Å². The van der Waals surface area contributed by atoms with E-state index in [2.05, 4.69) is 67.3 Å². The molecule has 0 bridgehead atoms. The van der Waals surface area contributed by atoms with Crippen LogP contribution in [-0.4, -0.2) is 120 Å². The van der Waals surface area contributed by atoms with Gasteiger partial charge in [0, 0.05) is 39.0 Å². The van der Waals surface area contributed by atoms with Crippen LogP contribution in [0.2, 0.25) is 0 Å². The van der Waals surface area contributed by atoms with Crippen molar-refractivity contribution in [2.75, 3.05) is 98.9 Å². The largest absolute Gasteiger partial charge is 0.379 e. The van der Waals surface area contributed by atoms with Crippen molar-refractivity contribution in [2.24, 2.45) is 10.8 Å². The highest BCUT2D eigenvalue weighted by Crippen LogP contribution is 2.24. The standard InChI is InChI=1S/C28H58N2O6S/c1-26(2,3)11-14-32-17-19-34-21-22-35-20-18-33-15-13-30(10)25(31)37-24-28(7,8)23-29(9)12-16-36-27(4,5)6/h11-24H2,1-10H3. The van der Waals surface area contributed by atoms with Crippen molar-refractivity contribution < 1.29 is 28.5 Å². The number of hydrogen-bond donors (Lipinski definition) is 0. The molecule has 0 radical (unpaired) electrons. The molecular weight excluding hydrogens is 492 g/mol. The summed E-state index contributed by atoms with van der Waals surface area (Å²) in [5, 5.41) is 0.0752. The maximum absolute atomic E-state index is 12.5. The van der Waals surface area contributed by atoms with Gasteiger partial charge in [-0.15, -0.1) is 0 Å². The van der Waals surface area contributed by atoms with Crippen LogP contribution in [0.4, 0.5) is 4.79 Å². The topological polar surface area (TPSA) is 69.7 Å². The minimum absolute atomic E-state index is 0.0223. The third-order valence-corrected chi connectivity index (χ3v) is 6.77. The number of likely N-dealkylation sites (N-methyl/N-ethyl adjacent to an activating group) is 2. The van der Waals surface area contributed by atoms with Crippen molar-refractivity contribution in [3.8, 4) is 0 Å². The van der Waals surface area contributed by atoms with Crippen molar-refractivity contribution in [1.82, 2.24) is 9.80 Å². The van der Waals surface area contributed by atoms with Gasteiger partial charge in [0.25, 0.3) is 5.24 Å². The van der Waals surface area contributed by atoms with Gasteiger partial charge < -0.3 is 33.5 Å². The first-order valence-corrected chi connectivity index (χ1v) is 14.6. The number of hydrogen-bond acceptors (Lipinski definition) is 8. The fourth-order valence-electron chi connectivity index (χ4n) is 3.16. The highest BCUT2D eigenvalue weighted by Gasteiger charge is 2.23. The third kappa shape index (κ3) is 25.6. The van der Waals surface area contributed by atoms with Crippen molar-refractivity contribution in [2.45, 2.75) is 67.4 Å². The van der Waals surface area contributed by atoms with Gasteiger partial charge in [-0.1, -0.05) is 46.4 Å². The molecule has 222 valence electrons. The molecule has 0 heterocycles. The van der Waals surface area contributed by atoms with Crippen molar-refractivity contribution in [3.63, 3.8) is 0 Å². The molecule has 1 amide bonds. The first-order valence-electron chi connectivity index (χ1n) is 13.6. The van der Waals surface area contributed by atoms with Crippen LogP contribution in [-0.2, 0) is 23.7 Å². The molecule has 9 heteroatoms. The van der Waals surface area contributed by atoms with E-state index in [1.807, 2.05) is 7.05 Å². The monoisotopic (exact) mass is 550 g/mol. The van der Waals surface area contributed by atoms with Gasteiger partial charge in [0.05, 0.1) is 58.5 Å². The van der Waals surface area contributed by atoms with E-state index >= 15 is 0 Å². The number of ether oxygens (including phenoxy) is 5. The van der Waals surface area contributed by atoms with Crippen LogP contribution in [0, 0.1) is 10.8 Å². The molecule has 0 rings (SSSR count). The summed E-state index contributed by atoms with van der Waals surface area (Å²) in [4.78, 5) is 16.5. The molecule has 0 saturated carbocycles. The molecule has 0 aliphatic carbocycles. The van der Waals surface area contributed by atoms with Crippen LogP contribution in [0.25, 0.3) is 0 Å². The number of carbonyl (C=O) groups is 1. The summed E-state index contributed by atoms with van der Waals surface area (Å²) in [6, 6.07) is 0. The van der Waals surface area contributed by atoms with E-state index in [1.54, 1.807) is 4.90 Å². The quantitative estimate of drug-likeness (QED) is 0.184. The van der Waals surface area contributed by atoms with E-state index in [-0.39, 0.29) is 16.3 Å². The number of nitrogens with zero attached hydrogens (tertiary/aromatic N) is 2. The van der Waals surface area contributed by atoms with Crippen molar-refractivity contribution in [1.29, 1.82) is 0 Å². The molecule has 0 atom stereocenters. The molecule has 0 unspecified atom stereocenters. The summed E-state index contributed by atoms with van der Waals surface area (Å²) in [6.45, 7) is 24.9. The molecule has 0 aliphatic heterocycles. The number of amides is 1. The van der Waals surface area contributed by atoms with Gasteiger partial charge in [-0.05, 0) is 45.1 Å². The molecule has 0 aliphatic rings. The summed E-state index contributed by atoms with van der Waals surface area (Å²) in [5.74, 6) is 0.764. The fraction of sp³-hybridized carbons (Fsp3) is 0.964. The van der Waals surface area contributed by atoms with Gasteiger partial charge in [0.15, 0.2) is 0 Å². The van der Waals surface area contributed by atoms with Gasteiger partial charge in [-0.3, -0.25) is 4.79 Å². The summed E-state index contributed by atoms with van der Waals surface area (Å²) >= 11 is 1.37. The van der Waals surface area contributed by atoms with Crippen LogP contribution >= 0.6 is 11.8 Å². The molecule has 0 spiro atoms. The SMILES string of the molecule is CN(CCOC(C)(C)C)CC(C)(C)CSC(=O)N(C)CCOCCOCCOCCOCCC(C)(C)C. The predicted octanol–water partition coefficient (Wildman–Crippen LogP) is 5.05. The summed E-state index contributed by atoms with van der Waals surface area (Å²) < 4.78 is 28.0. The lowest BCUT2D eigenvalue weighted by atomic mass is 9.93. The Kier molecular flexibility index (Phi) is 19.4. The van der Waals surface area contributed by atoms with Gasteiger partial charge in [-0.25, -0.2) is 0 Å². The molecule has 8 nitrogen and oxygen atoms in total. The van der Waals surface area contributed by atoms with Crippen LogP contribution in [0.3, 0.4) is 0 Å². The highest BCUT2D eigenvalue weighted by atomic mass is 32.2. The number of rotatable bonds is 21. The second-order valence-corrected chi connectivity index (χ2v) is 13.5. The maximum Gasteiger partial charge on any atom is 0.281 e. The Bertz CT molecular complexity index is 578. The lowest BCUT2D eigenvalue weighted by Gasteiger charge is -2.31. The van der Waals surface area contributed by atoms with Gasteiger partial charge >= 0.3 is 0 Å².